The van der Waals surface area contributed by atoms with Gasteiger partial charge in [-0.05, 0) is 42.7 Å². The first kappa shape index (κ1) is 15.6. The number of hydrogen-bond donors (Lipinski definition) is 3. The number of hydrogen-bond acceptors (Lipinski definition) is 6. The molecule has 0 aliphatic carbocycles. The molecule has 128 valence electrons. The molecule has 0 radical (unpaired) electrons. The van der Waals surface area contributed by atoms with Crippen LogP contribution in [-0.2, 0) is 0 Å². The van der Waals surface area contributed by atoms with Gasteiger partial charge in [0.15, 0.2) is 11.6 Å². The van der Waals surface area contributed by atoms with E-state index < -0.39 is 0 Å². The molecular weight excluding hydrogens is 314 g/mol. The van der Waals surface area contributed by atoms with Crippen molar-refractivity contribution in [1.82, 2.24) is 20.4 Å². The fraction of sp³-hybridized carbons (Fsp3) is 0.278. The van der Waals surface area contributed by atoms with Crippen molar-refractivity contribution in [2.75, 3.05) is 23.3 Å². The molecule has 0 amide bonds. The summed E-state index contributed by atoms with van der Waals surface area (Å²) < 4.78 is 0. The summed E-state index contributed by atoms with van der Waals surface area (Å²) in [5.74, 6) is 1.60. The third-order valence-electron chi connectivity index (χ3n) is 4.40. The Bertz CT molecular complexity index is 814. The van der Waals surface area contributed by atoms with Crippen LogP contribution in [-0.4, -0.2) is 39.5 Å². The molecular formula is C18H21N7. The first-order chi connectivity index (χ1) is 12.3. The molecule has 7 heteroatoms. The molecule has 1 aliphatic rings. The summed E-state index contributed by atoms with van der Waals surface area (Å²) in [4.78, 5) is 2.20. The van der Waals surface area contributed by atoms with Gasteiger partial charge in [0.25, 0.3) is 0 Å². The monoisotopic (exact) mass is 335 g/mol. The molecule has 1 aliphatic heterocycles. The molecule has 0 bridgehead atoms. The number of nitrogens with zero attached hydrogens (tertiary/aromatic N) is 4. The van der Waals surface area contributed by atoms with Crippen molar-refractivity contribution in [3.8, 4) is 11.1 Å². The Hall–Kier alpha value is -2.93. The van der Waals surface area contributed by atoms with Crippen LogP contribution in [0.4, 0.5) is 17.3 Å². The van der Waals surface area contributed by atoms with Crippen molar-refractivity contribution >= 4 is 17.3 Å². The van der Waals surface area contributed by atoms with Gasteiger partial charge in [-0.25, -0.2) is 0 Å². The third-order valence-corrected chi connectivity index (χ3v) is 4.40. The van der Waals surface area contributed by atoms with Gasteiger partial charge in [-0.1, -0.05) is 12.1 Å². The lowest BCUT2D eigenvalue weighted by Crippen LogP contribution is -2.43. The number of nitrogens with two attached hydrogens (primary N) is 1. The number of nitrogens with one attached hydrogen (secondary N) is 2. The van der Waals surface area contributed by atoms with E-state index in [2.05, 4.69) is 36.7 Å². The van der Waals surface area contributed by atoms with Gasteiger partial charge < -0.3 is 16.0 Å². The third kappa shape index (κ3) is 3.61. The topological polar surface area (TPSA) is 95.8 Å². The zero-order valence-corrected chi connectivity index (χ0v) is 13.9. The molecule has 1 saturated heterocycles. The standard InChI is InChI=1S/C18H21N7/c19-15-4-2-8-25(12-15)18-7-6-17(23-24-18)22-16-5-1-3-13(9-16)14-10-20-21-11-14/h1,3,5-7,9-11,15H,2,4,8,12,19H2,(H,20,21)(H,22,23). The number of H-pyrrole nitrogens is 1. The lowest BCUT2D eigenvalue weighted by Gasteiger charge is -2.31. The van der Waals surface area contributed by atoms with Gasteiger partial charge in [0.2, 0.25) is 0 Å². The SMILES string of the molecule is NC1CCCN(c2ccc(Nc3cccc(-c4cn[nH]c4)c3)nn2)C1. The zero-order chi connectivity index (χ0) is 17.1. The van der Waals surface area contributed by atoms with Gasteiger partial charge in [-0.3, -0.25) is 5.10 Å². The highest BCUT2D eigenvalue weighted by Gasteiger charge is 2.18. The van der Waals surface area contributed by atoms with Crippen LogP contribution < -0.4 is 16.0 Å². The number of aromatic nitrogens is 4. The Labute approximate surface area is 146 Å². The fourth-order valence-corrected chi connectivity index (χ4v) is 3.11. The number of rotatable bonds is 4. The van der Waals surface area contributed by atoms with Gasteiger partial charge in [-0.2, -0.15) is 5.10 Å². The summed E-state index contributed by atoms with van der Waals surface area (Å²) >= 11 is 0. The maximum atomic E-state index is 6.04. The normalized spacial score (nSPS) is 17.5. The average molecular weight is 335 g/mol. The molecule has 2 aromatic heterocycles. The van der Waals surface area contributed by atoms with E-state index >= 15 is 0 Å². The Morgan fingerprint density at radius 2 is 2.12 bits per heavy atom. The minimum Gasteiger partial charge on any atom is -0.354 e. The van der Waals surface area contributed by atoms with Crippen LogP contribution in [0.15, 0.2) is 48.8 Å². The zero-order valence-electron chi connectivity index (χ0n) is 13.9. The summed E-state index contributed by atoms with van der Waals surface area (Å²) in [6.45, 7) is 1.83. The summed E-state index contributed by atoms with van der Waals surface area (Å²) in [5.41, 5.74) is 9.14. The maximum Gasteiger partial charge on any atom is 0.153 e. The average Bonchev–Trinajstić information content (AvgIpc) is 3.17. The van der Waals surface area contributed by atoms with Gasteiger partial charge in [0, 0.05) is 36.6 Å². The number of anilines is 3. The van der Waals surface area contributed by atoms with Crippen LogP contribution in [0, 0.1) is 0 Å². The van der Waals surface area contributed by atoms with Gasteiger partial charge in [0.1, 0.15) is 0 Å². The molecule has 1 fully saturated rings. The van der Waals surface area contributed by atoms with E-state index in [9.17, 15) is 0 Å². The van der Waals surface area contributed by atoms with E-state index in [1.807, 2.05) is 36.5 Å². The first-order valence-electron chi connectivity index (χ1n) is 8.48. The summed E-state index contributed by atoms with van der Waals surface area (Å²) in [6, 6.07) is 12.3. The van der Waals surface area contributed by atoms with Crippen molar-refractivity contribution in [3.05, 3.63) is 48.8 Å². The van der Waals surface area contributed by atoms with Crippen LogP contribution >= 0.6 is 0 Å². The molecule has 25 heavy (non-hydrogen) atoms. The molecule has 4 N–H and O–H groups in total. The highest BCUT2D eigenvalue weighted by atomic mass is 15.3. The van der Waals surface area contributed by atoms with E-state index in [1.54, 1.807) is 6.20 Å². The van der Waals surface area contributed by atoms with Crippen LogP contribution in [0.25, 0.3) is 11.1 Å². The Morgan fingerprint density at radius 1 is 1.16 bits per heavy atom. The summed E-state index contributed by atoms with van der Waals surface area (Å²) in [7, 11) is 0. The summed E-state index contributed by atoms with van der Waals surface area (Å²) in [6.07, 6.45) is 5.86. The largest absolute Gasteiger partial charge is 0.354 e. The Kier molecular flexibility index (Phi) is 4.30. The van der Waals surface area contributed by atoms with Crippen molar-refractivity contribution in [3.63, 3.8) is 0 Å². The predicted octanol–water partition coefficient (Wildman–Crippen LogP) is 2.54. The van der Waals surface area contributed by atoms with E-state index in [0.29, 0.717) is 0 Å². The van der Waals surface area contributed by atoms with E-state index in [4.69, 9.17) is 5.73 Å². The molecule has 1 aromatic carbocycles. The lowest BCUT2D eigenvalue weighted by molar-refractivity contribution is 0.502. The highest BCUT2D eigenvalue weighted by molar-refractivity contribution is 5.69. The molecule has 1 atom stereocenters. The fourth-order valence-electron chi connectivity index (χ4n) is 3.11. The minimum atomic E-state index is 0.221. The Morgan fingerprint density at radius 3 is 2.88 bits per heavy atom. The van der Waals surface area contributed by atoms with Crippen molar-refractivity contribution in [2.45, 2.75) is 18.9 Å². The van der Waals surface area contributed by atoms with Gasteiger partial charge in [-0.15, -0.1) is 10.2 Å². The predicted molar refractivity (Wildman–Crippen MR) is 98.8 cm³/mol. The lowest BCUT2D eigenvalue weighted by atomic mass is 10.1. The van der Waals surface area contributed by atoms with E-state index in [1.165, 1.54) is 0 Å². The van der Waals surface area contributed by atoms with Gasteiger partial charge >= 0.3 is 0 Å². The quantitative estimate of drug-likeness (QED) is 0.678. The van der Waals surface area contributed by atoms with Crippen LogP contribution in [0.5, 0.6) is 0 Å². The molecule has 7 nitrogen and oxygen atoms in total. The maximum absolute atomic E-state index is 6.04. The minimum absolute atomic E-state index is 0.221. The molecule has 1 unspecified atom stereocenters. The highest BCUT2D eigenvalue weighted by Crippen LogP contribution is 2.24. The second-order valence-electron chi connectivity index (χ2n) is 6.32. The van der Waals surface area contributed by atoms with Gasteiger partial charge in [0.05, 0.1) is 6.20 Å². The van der Waals surface area contributed by atoms with Crippen LogP contribution in [0.2, 0.25) is 0 Å². The van der Waals surface area contributed by atoms with E-state index in [-0.39, 0.29) is 6.04 Å². The Balaban J connectivity index is 1.47. The molecule has 4 rings (SSSR count). The molecule has 3 heterocycles. The van der Waals surface area contributed by atoms with Crippen LogP contribution in [0.1, 0.15) is 12.8 Å². The van der Waals surface area contributed by atoms with Crippen molar-refractivity contribution in [1.29, 1.82) is 0 Å². The number of aromatic amines is 1. The molecule has 3 aromatic rings. The molecule has 0 saturated carbocycles. The van der Waals surface area contributed by atoms with Crippen LogP contribution in [0.3, 0.4) is 0 Å². The second kappa shape index (κ2) is 6.90. The summed E-state index contributed by atoms with van der Waals surface area (Å²) in [5, 5.41) is 18.8. The van der Waals surface area contributed by atoms with Crippen molar-refractivity contribution in [2.24, 2.45) is 5.73 Å². The van der Waals surface area contributed by atoms with E-state index in [0.717, 1.165) is 54.4 Å². The smallest absolute Gasteiger partial charge is 0.153 e. The molecule has 0 spiro atoms. The van der Waals surface area contributed by atoms with Crippen molar-refractivity contribution < 1.29 is 0 Å². The first-order valence-corrected chi connectivity index (χ1v) is 8.48. The second-order valence-corrected chi connectivity index (χ2v) is 6.32. The number of benzene rings is 1. The number of piperidine rings is 1.